The van der Waals surface area contributed by atoms with Crippen LogP contribution in [0.15, 0.2) is 0 Å². The van der Waals surface area contributed by atoms with Crippen LogP contribution in [0, 0.1) is 0 Å². The molecule has 98 valence electrons. The van der Waals surface area contributed by atoms with Crippen LogP contribution in [0.3, 0.4) is 0 Å². The van der Waals surface area contributed by atoms with Gasteiger partial charge >= 0.3 is 11.9 Å². The maximum atomic E-state index is 11.5. The van der Waals surface area contributed by atoms with E-state index in [1.165, 1.54) is 0 Å². The highest BCUT2D eigenvalue weighted by Gasteiger charge is 2.21. The van der Waals surface area contributed by atoms with E-state index in [0.29, 0.717) is 0 Å². The first-order valence-electron chi connectivity index (χ1n) is 5.67. The van der Waals surface area contributed by atoms with Gasteiger partial charge < -0.3 is 15.6 Å². The van der Waals surface area contributed by atoms with Crippen LogP contribution >= 0.6 is 0 Å². The molecule has 0 aromatic rings. The third kappa shape index (κ3) is 4.68. The first-order chi connectivity index (χ1) is 8.00. The molecule has 1 fully saturated rings. The molecule has 2 atom stereocenters. The highest BCUT2D eigenvalue weighted by atomic mass is 16.5. The van der Waals surface area contributed by atoms with Crippen molar-refractivity contribution in [3.63, 3.8) is 0 Å². The first kappa shape index (κ1) is 13.9. The number of ether oxygens (including phenoxy) is 1. The van der Waals surface area contributed by atoms with Gasteiger partial charge in [-0.05, 0) is 19.8 Å². The fraction of sp³-hybridized carbons (Fsp3) is 0.800. The lowest BCUT2D eigenvalue weighted by Crippen LogP contribution is -2.47. The third-order valence-corrected chi connectivity index (χ3v) is 2.56. The number of carbonyl (C=O) groups is 2. The number of rotatable bonds is 6. The van der Waals surface area contributed by atoms with Crippen molar-refractivity contribution < 1.29 is 19.4 Å². The largest absolute Gasteiger partial charge is 0.480 e. The van der Waals surface area contributed by atoms with Gasteiger partial charge in [0.15, 0.2) is 0 Å². The molecule has 7 heteroatoms. The van der Waals surface area contributed by atoms with Crippen LogP contribution in [-0.4, -0.2) is 53.8 Å². The maximum absolute atomic E-state index is 11.5. The van der Waals surface area contributed by atoms with Crippen LogP contribution in [0.5, 0.6) is 0 Å². The zero-order valence-electron chi connectivity index (χ0n) is 9.89. The van der Waals surface area contributed by atoms with Crippen LogP contribution in [0.1, 0.15) is 19.8 Å². The number of nitrogens with one attached hydrogen (secondary N) is 1. The van der Waals surface area contributed by atoms with E-state index in [1.807, 2.05) is 5.01 Å². The first-order valence-corrected chi connectivity index (χ1v) is 5.67. The molecule has 0 amide bonds. The van der Waals surface area contributed by atoms with E-state index in [-0.39, 0.29) is 6.61 Å². The highest BCUT2D eigenvalue weighted by Crippen LogP contribution is 2.05. The topological polar surface area (TPSA) is 105 Å². The number of hydrazine groups is 1. The summed E-state index contributed by atoms with van der Waals surface area (Å²) in [7, 11) is 0. The lowest BCUT2D eigenvalue weighted by Gasteiger charge is -2.21. The minimum Gasteiger partial charge on any atom is -0.480 e. The van der Waals surface area contributed by atoms with Crippen molar-refractivity contribution >= 4 is 11.9 Å². The minimum atomic E-state index is -1.18. The lowest BCUT2D eigenvalue weighted by molar-refractivity contribution is -0.150. The van der Waals surface area contributed by atoms with Gasteiger partial charge in [0.1, 0.15) is 18.7 Å². The summed E-state index contributed by atoms with van der Waals surface area (Å²) in [6.45, 7) is 3.19. The molecule has 1 saturated heterocycles. The van der Waals surface area contributed by atoms with E-state index in [0.717, 1.165) is 25.9 Å². The molecule has 0 aromatic carbocycles. The molecule has 1 aliphatic heterocycles. The van der Waals surface area contributed by atoms with Crippen LogP contribution in [0.4, 0.5) is 0 Å². The minimum absolute atomic E-state index is 0.305. The SMILES string of the molecule is C[C@H](NN1CCCC1)C(=O)OC[C@H](N)C(=O)O. The molecule has 1 rings (SSSR count). The van der Waals surface area contributed by atoms with Gasteiger partial charge in [-0.2, -0.15) is 0 Å². The van der Waals surface area contributed by atoms with Gasteiger partial charge in [-0.1, -0.05) is 0 Å². The summed E-state index contributed by atoms with van der Waals surface area (Å²) < 4.78 is 4.80. The molecule has 0 spiro atoms. The summed E-state index contributed by atoms with van der Waals surface area (Å²) in [5.74, 6) is -1.67. The molecule has 1 heterocycles. The molecule has 0 bridgehead atoms. The standard InChI is InChI=1S/C10H19N3O4/c1-7(12-13-4-2-3-5-13)10(16)17-6-8(11)9(14)15/h7-8,12H,2-6,11H2,1H3,(H,14,15)/t7-,8-/m0/s1. The second-order valence-corrected chi connectivity index (χ2v) is 4.12. The van der Waals surface area contributed by atoms with E-state index < -0.39 is 24.0 Å². The number of nitrogens with zero attached hydrogens (tertiary/aromatic N) is 1. The van der Waals surface area contributed by atoms with E-state index in [1.54, 1.807) is 6.92 Å². The van der Waals surface area contributed by atoms with Crippen LogP contribution in [-0.2, 0) is 14.3 Å². The molecule has 0 aliphatic carbocycles. The Hall–Kier alpha value is -1.18. The predicted molar refractivity (Wildman–Crippen MR) is 60.0 cm³/mol. The summed E-state index contributed by atoms with van der Waals surface area (Å²) in [5, 5.41) is 10.5. The Labute approximate surface area is 99.9 Å². The molecule has 0 aromatic heterocycles. The van der Waals surface area contributed by atoms with Gasteiger partial charge in [0.05, 0.1) is 0 Å². The lowest BCUT2D eigenvalue weighted by atomic mass is 10.3. The fourth-order valence-electron chi connectivity index (χ4n) is 1.54. The Morgan fingerprint density at radius 3 is 2.59 bits per heavy atom. The third-order valence-electron chi connectivity index (χ3n) is 2.56. The average molecular weight is 245 g/mol. The summed E-state index contributed by atoms with van der Waals surface area (Å²) in [5.41, 5.74) is 8.22. The van der Waals surface area contributed by atoms with Crippen molar-refractivity contribution in [2.75, 3.05) is 19.7 Å². The van der Waals surface area contributed by atoms with E-state index in [4.69, 9.17) is 15.6 Å². The Morgan fingerprint density at radius 2 is 2.06 bits per heavy atom. The number of esters is 1. The van der Waals surface area contributed by atoms with E-state index in [9.17, 15) is 9.59 Å². The fourth-order valence-corrected chi connectivity index (χ4v) is 1.54. The number of hydrogen-bond acceptors (Lipinski definition) is 6. The van der Waals surface area contributed by atoms with Gasteiger partial charge in [-0.25, -0.2) is 10.4 Å². The molecule has 4 N–H and O–H groups in total. The van der Waals surface area contributed by atoms with E-state index in [2.05, 4.69) is 5.43 Å². The maximum Gasteiger partial charge on any atom is 0.324 e. The van der Waals surface area contributed by atoms with Gasteiger partial charge in [0, 0.05) is 13.1 Å². The van der Waals surface area contributed by atoms with Gasteiger partial charge in [0.2, 0.25) is 0 Å². The summed E-state index contributed by atoms with van der Waals surface area (Å²) >= 11 is 0. The van der Waals surface area contributed by atoms with E-state index >= 15 is 0 Å². The van der Waals surface area contributed by atoms with Crippen LogP contribution < -0.4 is 11.2 Å². The number of aliphatic carboxylic acids is 1. The summed E-state index contributed by atoms with van der Waals surface area (Å²) in [4.78, 5) is 21.9. The Kier molecular flexibility index (Phi) is 5.33. The van der Waals surface area contributed by atoms with Gasteiger partial charge in [-0.15, -0.1) is 0 Å². The van der Waals surface area contributed by atoms with Crippen molar-refractivity contribution in [3.05, 3.63) is 0 Å². The molecular weight excluding hydrogens is 226 g/mol. The van der Waals surface area contributed by atoms with Crippen LogP contribution in [0.25, 0.3) is 0 Å². The molecule has 17 heavy (non-hydrogen) atoms. The Morgan fingerprint density at radius 1 is 1.47 bits per heavy atom. The quantitative estimate of drug-likeness (QED) is 0.512. The second kappa shape index (κ2) is 6.53. The Balaban J connectivity index is 2.24. The molecule has 0 radical (unpaired) electrons. The Bertz CT molecular complexity index is 279. The van der Waals surface area contributed by atoms with Crippen molar-refractivity contribution in [2.45, 2.75) is 31.8 Å². The molecule has 7 nitrogen and oxygen atoms in total. The van der Waals surface area contributed by atoms with Crippen molar-refractivity contribution in [3.8, 4) is 0 Å². The van der Waals surface area contributed by atoms with Gasteiger partial charge in [-0.3, -0.25) is 9.59 Å². The highest BCUT2D eigenvalue weighted by molar-refractivity contribution is 5.77. The second-order valence-electron chi connectivity index (χ2n) is 4.12. The molecule has 0 unspecified atom stereocenters. The summed E-state index contributed by atoms with van der Waals surface area (Å²) in [6, 6.07) is -1.66. The van der Waals surface area contributed by atoms with Crippen molar-refractivity contribution in [1.29, 1.82) is 0 Å². The number of carboxylic acid groups (broad SMARTS) is 1. The zero-order valence-corrected chi connectivity index (χ0v) is 9.89. The molecular formula is C10H19N3O4. The average Bonchev–Trinajstić information content (AvgIpc) is 2.77. The predicted octanol–water partition coefficient (Wildman–Crippen LogP) is -1.07. The zero-order chi connectivity index (χ0) is 12.8. The van der Waals surface area contributed by atoms with Crippen molar-refractivity contribution in [1.82, 2.24) is 10.4 Å². The molecule has 0 saturated carbocycles. The number of nitrogens with two attached hydrogens (primary N) is 1. The number of carbonyl (C=O) groups excluding carboxylic acids is 1. The number of carboxylic acids is 1. The van der Waals surface area contributed by atoms with Crippen LogP contribution in [0.2, 0.25) is 0 Å². The molecule has 1 aliphatic rings. The number of hydrogen-bond donors (Lipinski definition) is 3. The monoisotopic (exact) mass is 245 g/mol. The summed E-state index contributed by atoms with van der Waals surface area (Å²) in [6.07, 6.45) is 2.22. The smallest absolute Gasteiger partial charge is 0.324 e. The van der Waals surface area contributed by atoms with Crippen molar-refractivity contribution in [2.24, 2.45) is 5.73 Å². The van der Waals surface area contributed by atoms with Gasteiger partial charge in [0.25, 0.3) is 0 Å². The normalized spacial score (nSPS) is 19.9.